The monoisotopic (exact) mass is 187 g/mol. The van der Waals surface area contributed by atoms with Gasteiger partial charge in [0, 0.05) is 13.7 Å². The van der Waals surface area contributed by atoms with Crippen molar-refractivity contribution in [1.29, 1.82) is 0 Å². The van der Waals surface area contributed by atoms with Gasteiger partial charge >= 0.3 is 5.97 Å². The first-order valence-electron chi connectivity index (χ1n) is 4.48. The molecule has 0 aromatic heterocycles. The van der Waals surface area contributed by atoms with Crippen LogP contribution in [0.3, 0.4) is 0 Å². The second-order valence-electron chi connectivity index (χ2n) is 3.71. The van der Waals surface area contributed by atoms with Gasteiger partial charge in [-0.15, -0.1) is 0 Å². The Labute approximate surface area is 78.4 Å². The van der Waals surface area contributed by atoms with Crippen molar-refractivity contribution in [2.45, 2.75) is 24.8 Å². The quantitative estimate of drug-likeness (QED) is 0.646. The van der Waals surface area contributed by atoms with Crippen molar-refractivity contribution in [2.24, 2.45) is 11.7 Å². The van der Waals surface area contributed by atoms with Gasteiger partial charge in [-0.25, -0.2) is 0 Å². The van der Waals surface area contributed by atoms with Gasteiger partial charge in [0.2, 0.25) is 0 Å². The molecular formula is C9H17NO3. The van der Waals surface area contributed by atoms with Crippen LogP contribution in [0.15, 0.2) is 0 Å². The average molecular weight is 187 g/mol. The van der Waals surface area contributed by atoms with Crippen molar-refractivity contribution in [2.75, 3.05) is 20.8 Å². The van der Waals surface area contributed by atoms with E-state index < -0.39 is 5.54 Å². The van der Waals surface area contributed by atoms with E-state index in [2.05, 4.69) is 4.74 Å². The highest BCUT2D eigenvalue weighted by Gasteiger charge is 2.42. The largest absolute Gasteiger partial charge is 0.468 e. The van der Waals surface area contributed by atoms with E-state index in [0.717, 1.165) is 6.42 Å². The third-order valence-corrected chi connectivity index (χ3v) is 2.65. The average Bonchev–Trinajstić information content (AvgIpc) is 2.48. The van der Waals surface area contributed by atoms with Gasteiger partial charge in [0.05, 0.1) is 7.11 Å². The minimum absolute atomic E-state index is 0.300. The van der Waals surface area contributed by atoms with Gasteiger partial charge in [-0.3, -0.25) is 4.79 Å². The van der Waals surface area contributed by atoms with Gasteiger partial charge in [0.25, 0.3) is 0 Å². The zero-order valence-electron chi connectivity index (χ0n) is 8.21. The number of hydrogen-bond donors (Lipinski definition) is 1. The van der Waals surface area contributed by atoms with E-state index in [1.165, 1.54) is 7.11 Å². The Kier molecular flexibility index (Phi) is 3.27. The van der Waals surface area contributed by atoms with Crippen LogP contribution < -0.4 is 5.73 Å². The Morgan fingerprint density at radius 3 is 2.85 bits per heavy atom. The molecule has 0 bridgehead atoms. The fraction of sp³-hybridized carbons (Fsp3) is 0.889. The summed E-state index contributed by atoms with van der Waals surface area (Å²) < 4.78 is 9.68. The van der Waals surface area contributed by atoms with Crippen molar-refractivity contribution in [3.63, 3.8) is 0 Å². The van der Waals surface area contributed by atoms with Gasteiger partial charge < -0.3 is 15.2 Å². The van der Waals surface area contributed by atoms with Crippen molar-refractivity contribution in [3.8, 4) is 0 Å². The topological polar surface area (TPSA) is 61.5 Å². The zero-order chi connectivity index (χ0) is 9.90. The SMILES string of the molecule is COC[C@@H]1CC[C@@](N)(C(=O)OC)C1. The molecule has 76 valence electrons. The molecule has 0 aliphatic heterocycles. The molecule has 0 spiro atoms. The number of hydrogen-bond acceptors (Lipinski definition) is 4. The molecule has 4 heteroatoms. The highest BCUT2D eigenvalue weighted by molar-refractivity contribution is 5.80. The van der Waals surface area contributed by atoms with Crippen molar-refractivity contribution >= 4 is 5.97 Å². The van der Waals surface area contributed by atoms with Gasteiger partial charge in [-0.2, -0.15) is 0 Å². The van der Waals surface area contributed by atoms with Gasteiger partial charge in [0.1, 0.15) is 5.54 Å². The summed E-state index contributed by atoms with van der Waals surface area (Å²) in [5.41, 5.74) is 5.14. The Balaban J connectivity index is 2.50. The first-order valence-corrected chi connectivity index (χ1v) is 4.48. The molecule has 0 unspecified atom stereocenters. The normalized spacial score (nSPS) is 33.3. The summed E-state index contributed by atoms with van der Waals surface area (Å²) in [5, 5.41) is 0. The minimum atomic E-state index is -0.766. The molecule has 0 radical (unpaired) electrons. The van der Waals surface area contributed by atoms with Crippen LogP contribution in [-0.4, -0.2) is 32.3 Å². The van der Waals surface area contributed by atoms with Crippen LogP contribution in [0.1, 0.15) is 19.3 Å². The molecule has 2 N–H and O–H groups in total. The lowest BCUT2D eigenvalue weighted by Crippen LogP contribution is -2.46. The predicted octanol–water partition coefficient (Wildman–Crippen LogP) is 0.303. The summed E-state index contributed by atoms with van der Waals surface area (Å²) in [6.07, 6.45) is 2.32. The van der Waals surface area contributed by atoms with Crippen molar-refractivity contribution in [3.05, 3.63) is 0 Å². The van der Waals surface area contributed by atoms with E-state index in [-0.39, 0.29) is 5.97 Å². The summed E-state index contributed by atoms with van der Waals surface area (Å²) >= 11 is 0. The molecule has 1 fully saturated rings. The summed E-state index contributed by atoms with van der Waals surface area (Å²) in [6, 6.07) is 0. The predicted molar refractivity (Wildman–Crippen MR) is 48.2 cm³/mol. The van der Waals surface area contributed by atoms with E-state index in [4.69, 9.17) is 10.5 Å². The molecular weight excluding hydrogens is 170 g/mol. The third kappa shape index (κ3) is 2.19. The summed E-state index contributed by atoms with van der Waals surface area (Å²) in [5.74, 6) is 0.0974. The minimum Gasteiger partial charge on any atom is -0.468 e. The Bertz CT molecular complexity index is 195. The molecule has 2 atom stereocenters. The van der Waals surface area contributed by atoms with Crippen LogP contribution in [-0.2, 0) is 14.3 Å². The summed E-state index contributed by atoms with van der Waals surface area (Å²) in [7, 11) is 3.04. The number of esters is 1. The molecule has 0 aromatic carbocycles. The summed E-state index contributed by atoms with van der Waals surface area (Å²) in [4.78, 5) is 11.3. The molecule has 0 aromatic rings. The van der Waals surface area contributed by atoms with Gasteiger partial charge in [-0.1, -0.05) is 0 Å². The van der Waals surface area contributed by atoms with Crippen LogP contribution in [0.5, 0.6) is 0 Å². The molecule has 13 heavy (non-hydrogen) atoms. The molecule has 1 aliphatic rings. The molecule has 0 saturated heterocycles. The van der Waals surface area contributed by atoms with E-state index in [0.29, 0.717) is 25.4 Å². The fourth-order valence-corrected chi connectivity index (χ4v) is 1.95. The van der Waals surface area contributed by atoms with Crippen molar-refractivity contribution < 1.29 is 14.3 Å². The van der Waals surface area contributed by atoms with Crippen LogP contribution in [0.2, 0.25) is 0 Å². The number of carbonyl (C=O) groups excluding carboxylic acids is 1. The van der Waals surface area contributed by atoms with E-state index in [1.54, 1.807) is 7.11 Å². The maximum atomic E-state index is 11.3. The second kappa shape index (κ2) is 4.07. The molecule has 4 nitrogen and oxygen atoms in total. The zero-order valence-corrected chi connectivity index (χ0v) is 8.21. The molecule has 0 amide bonds. The fourth-order valence-electron chi connectivity index (χ4n) is 1.95. The number of methoxy groups -OCH3 is 2. The lowest BCUT2D eigenvalue weighted by molar-refractivity contribution is -0.147. The lowest BCUT2D eigenvalue weighted by Gasteiger charge is -2.20. The Morgan fingerprint density at radius 2 is 2.31 bits per heavy atom. The van der Waals surface area contributed by atoms with Crippen molar-refractivity contribution in [1.82, 2.24) is 0 Å². The third-order valence-electron chi connectivity index (χ3n) is 2.65. The van der Waals surface area contributed by atoms with E-state index in [9.17, 15) is 4.79 Å². The standard InChI is InChI=1S/C9H17NO3/c1-12-6-7-3-4-9(10,5-7)8(11)13-2/h7H,3-6,10H2,1-2H3/t7-,9+/m1/s1. The molecule has 1 aliphatic carbocycles. The second-order valence-corrected chi connectivity index (χ2v) is 3.71. The summed E-state index contributed by atoms with van der Waals surface area (Å²) in [6.45, 7) is 0.677. The molecule has 1 saturated carbocycles. The lowest BCUT2D eigenvalue weighted by atomic mass is 9.98. The van der Waals surface area contributed by atoms with Crippen LogP contribution in [0, 0.1) is 5.92 Å². The number of nitrogens with two attached hydrogens (primary N) is 1. The highest BCUT2D eigenvalue weighted by atomic mass is 16.5. The van der Waals surface area contributed by atoms with Gasteiger partial charge in [0.15, 0.2) is 0 Å². The number of ether oxygens (including phenoxy) is 2. The van der Waals surface area contributed by atoms with Crippen LogP contribution >= 0.6 is 0 Å². The van der Waals surface area contributed by atoms with Crippen LogP contribution in [0.25, 0.3) is 0 Å². The Hall–Kier alpha value is -0.610. The number of rotatable bonds is 3. The van der Waals surface area contributed by atoms with E-state index in [1.807, 2.05) is 0 Å². The molecule has 0 heterocycles. The van der Waals surface area contributed by atoms with Gasteiger partial charge in [-0.05, 0) is 25.2 Å². The smallest absolute Gasteiger partial charge is 0.325 e. The van der Waals surface area contributed by atoms with Crippen LogP contribution in [0.4, 0.5) is 0 Å². The first kappa shape index (κ1) is 10.5. The number of carbonyl (C=O) groups is 1. The maximum absolute atomic E-state index is 11.3. The maximum Gasteiger partial charge on any atom is 0.325 e. The van der Waals surface area contributed by atoms with E-state index >= 15 is 0 Å². The Morgan fingerprint density at radius 1 is 1.62 bits per heavy atom. The first-order chi connectivity index (χ1) is 6.12. The molecule has 1 rings (SSSR count). The highest BCUT2D eigenvalue weighted by Crippen LogP contribution is 2.33.